The molecule has 1 atom stereocenters. The van der Waals surface area contributed by atoms with Crippen molar-refractivity contribution in [2.24, 2.45) is 0 Å². The lowest BCUT2D eigenvalue weighted by Gasteiger charge is -2.11. The molecule has 1 heterocycles. The Bertz CT molecular complexity index is 507. The summed E-state index contributed by atoms with van der Waals surface area (Å²) in [7, 11) is 0. The molecule has 0 saturated heterocycles. The SMILES string of the molecule is Cc1cc(Br)ccc1C(Br)c1ccc(Cl)s1. The van der Waals surface area contributed by atoms with Gasteiger partial charge in [-0.1, -0.05) is 49.5 Å². The number of hydrogen-bond acceptors (Lipinski definition) is 1. The normalized spacial score (nSPS) is 12.8. The molecule has 2 rings (SSSR count). The first-order valence-corrected chi connectivity index (χ1v) is 7.63. The summed E-state index contributed by atoms with van der Waals surface area (Å²) in [5.41, 5.74) is 2.54. The molecule has 0 bridgehead atoms. The molecule has 0 aliphatic rings. The van der Waals surface area contributed by atoms with Crippen LogP contribution in [0.1, 0.15) is 20.8 Å². The molecular weight excluding hydrogens is 371 g/mol. The maximum atomic E-state index is 5.95. The van der Waals surface area contributed by atoms with Gasteiger partial charge >= 0.3 is 0 Å². The van der Waals surface area contributed by atoms with Crippen molar-refractivity contribution in [3.8, 4) is 0 Å². The smallest absolute Gasteiger partial charge is 0.0931 e. The van der Waals surface area contributed by atoms with Crippen molar-refractivity contribution in [2.45, 2.75) is 11.8 Å². The van der Waals surface area contributed by atoms with E-state index in [1.54, 1.807) is 11.3 Å². The number of thiophene rings is 1. The first-order chi connectivity index (χ1) is 7.58. The molecule has 0 radical (unpaired) electrons. The van der Waals surface area contributed by atoms with E-state index in [1.165, 1.54) is 16.0 Å². The lowest BCUT2D eigenvalue weighted by atomic mass is 10.1. The summed E-state index contributed by atoms with van der Waals surface area (Å²) in [6, 6.07) is 10.3. The van der Waals surface area contributed by atoms with E-state index in [1.807, 2.05) is 6.07 Å². The van der Waals surface area contributed by atoms with E-state index >= 15 is 0 Å². The third kappa shape index (κ3) is 2.70. The van der Waals surface area contributed by atoms with Crippen LogP contribution in [0.2, 0.25) is 4.34 Å². The van der Waals surface area contributed by atoms with Crippen molar-refractivity contribution in [1.29, 1.82) is 0 Å². The first kappa shape index (κ1) is 12.6. The quantitative estimate of drug-likeness (QED) is 0.564. The fraction of sp³-hybridized carbons (Fsp3) is 0.167. The van der Waals surface area contributed by atoms with Crippen molar-refractivity contribution in [3.05, 3.63) is 55.1 Å². The van der Waals surface area contributed by atoms with Crippen LogP contribution in [0.3, 0.4) is 0 Å². The molecule has 16 heavy (non-hydrogen) atoms. The number of halogens is 3. The maximum Gasteiger partial charge on any atom is 0.0931 e. The zero-order valence-corrected chi connectivity index (χ0v) is 13.3. The van der Waals surface area contributed by atoms with Crippen LogP contribution >= 0.6 is 54.8 Å². The Morgan fingerprint density at radius 3 is 2.56 bits per heavy atom. The molecule has 4 heteroatoms. The molecule has 0 spiro atoms. The highest BCUT2D eigenvalue weighted by Crippen LogP contribution is 2.38. The van der Waals surface area contributed by atoms with E-state index in [4.69, 9.17) is 11.6 Å². The van der Waals surface area contributed by atoms with E-state index < -0.39 is 0 Å². The van der Waals surface area contributed by atoms with Crippen molar-refractivity contribution >= 4 is 54.8 Å². The minimum Gasteiger partial charge on any atom is -0.127 e. The monoisotopic (exact) mass is 378 g/mol. The average Bonchev–Trinajstić information content (AvgIpc) is 2.64. The molecule has 0 aliphatic carbocycles. The van der Waals surface area contributed by atoms with Crippen LogP contribution in [-0.4, -0.2) is 0 Å². The van der Waals surface area contributed by atoms with Crippen LogP contribution in [0.4, 0.5) is 0 Å². The fourth-order valence-corrected chi connectivity index (χ4v) is 4.02. The summed E-state index contributed by atoms with van der Waals surface area (Å²) in [5, 5.41) is 0. The van der Waals surface area contributed by atoms with Crippen LogP contribution in [0.5, 0.6) is 0 Å². The van der Waals surface area contributed by atoms with Crippen LogP contribution in [-0.2, 0) is 0 Å². The van der Waals surface area contributed by atoms with E-state index in [2.05, 4.69) is 63.0 Å². The molecule has 84 valence electrons. The number of alkyl halides is 1. The molecule has 1 aromatic carbocycles. The van der Waals surface area contributed by atoms with Gasteiger partial charge in [-0.2, -0.15) is 0 Å². The van der Waals surface area contributed by atoms with Gasteiger partial charge in [-0.05, 0) is 42.3 Å². The molecule has 1 unspecified atom stereocenters. The van der Waals surface area contributed by atoms with Crippen molar-refractivity contribution in [3.63, 3.8) is 0 Å². The van der Waals surface area contributed by atoms with Gasteiger partial charge in [0.2, 0.25) is 0 Å². The maximum absolute atomic E-state index is 5.95. The molecule has 0 N–H and O–H groups in total. The Balaban J connectivity index is 2.37. The number of hydrogen-bond donors (Lipinski definition) is 0. The van der Waals surface area contributed by atoms with Gasteiger partial charge in [0.25, 0.3) is 0 Å². The van der Waals surface area contributed by atoms with E-state index in [-0.39, 0.29) is 4.83 Å². The lowest BCUT2D eigenvalue weighted by molar-refractivity contribution is 1.17. The minimum atomic E-state index is 0.220. The minimum absolute atomic E-state index is 0.220. The second-order valence-electron chi connectivity index (χ2n) is 3.51. The largest absolute Gasteiger partial charge is 0.127 e. The third-order valence-electron chi connectivity index (χ3n) is 2.35. The molecule has 2 aromatic rings. The van der Waals surface area contributed by atoms with Crippen LogP contribution < -0.4 is 0 Å². The summed E-state index contributed by atoms with van der Waals surface area (Å²) >= 11 is 14.7. The van der Waals surface area contributed by atoms with Crippen LogP contribution in [0, 0.1) is 6.92 Å². The number of rotatable bonds is 2. The van der Waals surface area contributed by atoms with E-state index in [9.17, 15) is 0 Å². The highest BCUT2D eigenvalue weighted by molar-refractivity contribution is 9.10. The molecule has 0 fully saturated rings. The molecule has 0 nitrogen and oxygen atoms in total. The van der Waals surface area contributed by atoms with Gasteiger partial charge in [-0.3, -0.25) is 0 Å². The van der Waals surface area contributed by atoms with E-state index in [0.717, 1.165) is 8.81 Å². The Hall–Kier alpha value is 0.170. The van der Waals surface area contributed by atoms with Gasteiger partial charge in [0.1, 0.15) is 0 Å². The topological polar surface area (TPSA) is 0 Å². The van der Waals surface area contributed by atoms with Crippen LogP contribution in [0.25, 0.3) is 0 Å². The lowest BCUT2D eigenvalue weighted by Crippen LogP contribution is -1.93. The summed E-state index contributed by atoms with van der Waals surface area (Å²) in [6.07, 6.45) is 0. The molecule has 0 saturated carbocycles. The zero-order valence-electron chi connectivity index (χ0n) is 8.51. The zero-order chi connectivity index (χ0) is 11.7. The third-order valence-corrected chi connectivity index (χ3v) is 5.43. The number of benzene rings is 1. The van der Waals surface area contributed by atoms with Gasteiger partial charge in [0, 0.05) is 9.35 Å². The summed E-state index contributed by atoms with van der Waals surface area (Å²) in [5.74, 6) is 0. The number of aryl methyl sites for hydroxylation is 1. The predicted molar refractivity (Wildman–Crippen MR) is 79.0 cm³/mol. The fourth-order valence-electron chi connectivity index (χ4n) is 1.54. The standard InChI is InChI=1S/C12H9Br2ClS/c1-7-6-8(13)2-3-9(7)12(14)10-4-5-11(15)16-10/h2-6,12H,1H3. The van der Waals surface area contributed by atoms with Gasteiger partial charge in [0.15, 0.2) is 0 Å². The summed E-state index contributed by atoms with van der Waals surface area (Å²) in [6.45, 7) is 2.11. The highest BCUT2D eigenvalue weighted by Gasteiger charge is 2.14. The Labute approximate surface area is 121 Å². The van der Waals surface area contributed by atoms with Crippen molar-refractivity contribution < 1.29 is 0 Å². The van der Waals surface area contributed by atoms with Gasteiger partial charge in [-0.25, -0.2) is 0 Å². The van der Waals surface area contributed by atoms with Crippen molar-refractivity contribution in [1.82, 2.24) is 0 Å². The summed E-state index contributed by atoms with van der Waals surface area (Å²) in [4.78, 5) is 1.45. The van der Waals surface area contributed by atoms with Gasteiger partial charge in [-0.15, -0.1) is 11.3 Å². The first-order valence-electron chi connectivity index (χ1n) is 4.73. The molecule has 0 aliphatic heterocycles. The molecule has 0 amide bonds. The van der Waals surface area contributed by atoms with E-state index in [0.29, 0.717) is 0 Å². The van der Waals surface area contributed by atoms with Gasteiger partial charge < -0.3 is 0 Å². The Morgan fingerprint density at radius 2 is 2.00 bits per heavy atom. The Morgan fingerprint density at radius 1 is 1.25 bits per heavy atom. The summed E-state index contributed by atoms with van der Waals surface area (Å²) < 4.78 is 1.94. The molecular formula is C12H9Br2ClS. The average molecular weight is 381 g/mol. The molecule has 1 aromatic heterocycles. The van der Waals surface area contributed by atoms with Gasteiger partial charge in [0.05, 0.1) is 9.16 Å². The second-order valence-corrected chi connectivity index (χ2v) is 7.08. The van der Waals surface area contributed by atoms with Crippen LogP contribution in [0.15, 0.2) is 34.8 Å². The predicted octanol–water partition coefficient (Wildman–Crippen LogP) is 5.96. The second kappa shape index (κ2) is 5.21. The highest BCUT2D eigenvalue weighted by atomic mass is 79.9. The van der Waals surface area contributed by atoms with Crippen molar-refractivity contribution in [2.75, 3.05) is 0 Å². The Kier molecular flexibility index (Phi) is 4.11.